The molecule has 3 rings (SSSR count). The lowest BCUT2D eigenvalue weighted by Crippen LogP contribution is -2.07. The fourth-order valence-corrected chi connectivity index (χ4v) is 2.50. The van der Waals surface area contributed by atoms with Gasteiger partial charge in [-0.05, 0) is 17.9 Å². The van der Waals surface area contributed by atoms with Crippen LogP contribution in [0.3, 0.4) is 0 Å². The number of hydrogen-bond acceptors (Lipinski definition) is 3. The van der Waals surface area contributed by atoms with Crippen LogP contribution in [-0.2, 0) is 6.54 Å². The van der Waals surface area contributed by atoms with Gasteiger partial charge in [0.2, 0.25) is 0 Å². The Morgan fingerprint density at radius 3 is 2.78 bits per heavy atom. The van der Waals surface area contributed by atoms with Crippen LogP contribution in [0.15, 0.2) is 36.4 Å². The number of benzene rings is 1. The molecule has 18 heavy (non-hydrogen) atoms. The molecular weight excluding hydrogens is 226 g/mol. The summed E-state index contributed by atoms with van der Waals surface area (Å²) >= 11 is 0. The predicted molar refractivity (Wildman–Crippen MR) is 70.3 cm³/mol. The maximum Gasteiger partial charge on any atom is 0.122 e. The average molecular weight is 243 g/mol. The average Bonchev–Trinajstić information content (AvgIpc) is 3.11. The third-order valence-electron chi connectivity index (χ3n) is 3.54. The predicted octanol–water partition coefficient (Wildman–Crippen LogP) is 1.73. The molecule has 0 amide bonds. The minimum atomic E-state index is 0.0676. The second kappa shape index (κ2) is 4.46. The molecule has 0 radical (unpaired) electrons. The molecule has 4 heteroatoms. The van der Waals surface area contributed by atoms with E-state index in [9.17, 15) is 0 Å². The van der Waals surface area contributed by atoms with E-state index in [0.29, 0.717) is 24.2 Å². The van der Waals surface area contributed by atoms with Crippen LogP contribution in [0.25, 0.3) is 0 Å². The zero-order chi connectivity index (χ0) is 12.5. The lowest BCUT2D eigenvalue weighted by molar-refractivity contribution is 0.270. The van der Waals surface area contributed by atoms with E-state index >= 15 is 0 Å². The molecule has 1 heterocycles. The van der Waals surface area contributed by atoms with Crippen LogP contribution in [0.1, 0.15) is 29.5 Å². The Morgan fingerprint density at radius 1 is 1.28 bits per heavy atom. The van der Waals surface area contributed by atoms with Gasteiger partial charge in [-0.25, -0.2) is 4.68 Å². The van der Waals surface area contributed by atoms with Crippen molar-refractivity contribution in [2.75, 3.05) is 12.3 Å². The largest absolute Gasteiger partial charge is 0.394 e. The third kappa shape index (κ3) is 1.99. The van der Waals surface area contributed by atoms with E-state index in [0.717, 1.165) is 12.1 Å². The third-order valence-corrected chi connectivity index (χ3v) is 3.54. The van der Waals surface area contributed by atoms with E-state index in [4.69, 9.17) is 10.8 Å². The molecule has 0 spiro atoms. The summed E-state index contributed by atoms with van der Waals surface area (Å²) in [5, 5.41) is 13.4. The van der Waals surface area contributed by atoms with Crippen LogP contribution in [0.2, 0.25) is 0 Å². The van der Waals surface area contributed by atoms with E-state index in [1.807, 2.05) is 12.1 Å². The first kappa shape index (κ1) is 11.3. The number of anilines is 1. The molecule has 3 N–H and O–H groups in total. The molecule has 0 aliphatic heterocycles. The minimum Gasteiger partial charge on any atom is -0.394 e. The summed E-state index contributed by atoms with van der Waals surface area (Å²) in [6, 6.07) is 12.4. The van der Waals surface area contributed by atoms with Crippen molar-refractivity contribution >= 4 is 5.82 Å². The van der Waals surface area contributed by atoms with Crippen LogP contribution in [0.5, 0.6) is 0 Å². The summed E-state index contributed by atoms with van der Waals surface area (Å²) in [6.07, 6.45) is 1.14. The zero-order valence-electron chi connectivity index (χ0n) is 10.2. The summed E-state index contributed by atoms with van der Waals surface area (Å²) in [6.45, 7) is 0.534. The van der Waals surface area contributed by atoms with Crippen molar-refractivity contribution < 1.29 is 5.11 Å². The first-order chi connectivity index (χ1) is 8.79. The van der Waals surface area contributed by atoms with E-state index in [2.05, 4.69) is 29.4 Å². The molecule has 1 fully saturated rings. The van der Waals surface area contributed by atoms with Gasteiger partial charge in [0.15, 0.2) is 0 Å². The van der Waals surface area contributed by atoms with E-state index < -0.39 is 0 Å². The summed E-state index contributed by atoms with van der Waals surface area (Å²) in [5.74, 6) is 1.69. The zero-order valence-corrected chi connectivity index (χ0v) is 10.2. The molecular formula is C14H17N3O. The fraction of sp³-hybridized carbons (Fsp3) is 0.357. The maximum absolute atomic E-state index is 8.92. The number of rotatable bonds is 4. The Kier molecular flexibility index (Phi) is 2.80. The number of hydrogen-bond donors (Lipinski definition) is 2. The molecule has 4 nitrogen and oxygen atoms in total. The van der Waals surface area contributed by atoms with E-state index in [1.165, 1.54) is 5.56 Å². The van der Waals surface area contributed by atoms with Crippen molar-refractivity contribution in [2.45, 2.75) is 24.8 Å². The highest BCUT2D eigenvalue weighted by atomic mass is 16.3. The van der Waals surface area contributed by atoms with Gasteiger partial charge in [0.25, 0.3) is 0 Å². The van der Waals surface area contributed by atoms with Gasteiger partial charge in [-0.3, -0.25) is 0 Å². The number of nitrogens with two attached hydrogens (primary N) is 1. The highest BCUT2D eigenvalue weighted by molar-refractivity contribution is 5.39. The van der Waals surface area contributed by atoms with Crippen molar-refractivity contribution in [3.63, 3.8) is 0 Å². The van der Waals surface area contributed by atoms with Crippen LogP contribution < -0.4 is 5.73 Å². The fourth-order valence-electron chi connectivity index (χ4n) is 2.50. The molecule has 2 atom stereocenters. The van der Waals surface area contributed by atoms with Crippen LogP contribution >= 0.6 is 0 Å². The van der Waals surface area contributed by atoms with Crippen molar-refractivity contribution in [3.05, 3.63) is 47.7 Å². The van der Waals surface area contributed by atoms with Crippen molar-refractivity contribution in [3.8, 4) is 0 Å². The molecule has 1 aromatic heterocycles. The molecule has 94 valence electrons. The number of aliphatic hydroxyl groups is 1. The maximum atomic E-state index is 8.92. The molecule has 0 saturated heterocycles. The smallest absolute Gasteiger partial charge is 0.122 e. The van der Waals surface area contributed by atoms with Gasteiger partial charge in [-0.15, -0.1) is 0 Å². The molecule has 1 aliphatic carbocycles. The summed E-state index contributed by atoms with van der Waals surface area (Å²) in [5.41, 5.74) is 8.29. The van der Waals surface area contributed by atoms with Crippen molar-refractivity contribution in [1.82, 2.24) is 9.78 Å². The Balaban J connectivity index is 1.76. The van der Waals surface area contributed by atoms with Crippen LogP contribution in [0, 0.1) is 0 Å². The van der Waals surface area contributed by atoms with Gasteiger partial charge >= 0.3 is 0 Å². The quantitative estimate of drug-likeness (QED) is 0.859. The SMILES string of the molecule is Nc1cc(C2CC2c2ccccc2)nn1CCO. The first-order valence-corrected chi connectivity index (χ1v) is 6.28. The highest BCUT2D eigenvalue weighted by Gasteiger charge is 2.41. The van der Waals surface area contributed by atoms with Crippen molar-refractivity contribution in [2.24, 2.45) is 0 Å². The van der Waals surface area contributed by atoms with Gasteiger partial charge < -0.3 is 10.8 Å². The summed E-state index contributed by atoms with van der Waals surface area (Å²) in [7, 11) is 0. The molecule has 1 saturated carbocycles. The number of aliphatic hydroxyl groups excluding tert-OH is 1. The first-order valence-electron chi connectivity index (χ1n) is 6.28. The van der Waals surface area contributed by atoms with Gasteiger partial charge in [-0.1, -0.05) is 30.3 Å². The number of nitrogens with zero attached hydrogens (tertiary/aromatic N) is 2. The monoisotopic (exact) mass is 243 g/mol. The summed E-state index contributed by atoms with van der Waals surface area (Å²) < 4.78 is 1.68. The standard InChI is InChI=1S/C14H17N3O/c15-14-9-13(16-17(14)6-7-18)12-8-11(12)10-4-2-1-3-5-10/h1-5,9,11-12,18H,6-8,15H2. The van der Waals surface area contributed by atoms with Gasteiger partial charge in [-0.2, -0.15) is 5.10 Å². The number of aromatic nitrogens is 2. The van der Waals surface area contributed by atoms with E-state index in [1.54, 1.807) is 4.68 Å². The Hall–Kier alpha value is -1.81. The molecule has 2 aromatic rings. The molecule has 0 bridgehead atoms. The molecule has 1 aliphatic rings. The summed E-state index contributed by atoms with van der Waals surface area (Å²) in [4.78, 5) is 0. The lowest BCUT2D eigenvalue weighted by Gasteiger charge is -1.99. The minimum absolute atomic E-state index is 0.0676. The molecule has 2 unspecified atom stereocenters. The van der Waals surface area contributed by atoms with Crippen LogP contribution in [0.4, 0.5) is 5.82 Å². The molecule has 1 aromatic carbocycles. The normalized spacial score (nSPS) is 22.1. The Bertz CT molecular complexity index is 535. The van der Waals surface area contributed by atoms with Crippen LogP contribution in [-0.4, -0.2) is 21.5 Å². The second-order valence-corrected chi connectivity index (χ2v) is 4.80. The lowest BCUT2D eigenvalue weighted by atomic mass is 10.1. The van der Waals surface area contributed by atoms with Crippen molar-refractivity contribution in [1.29, 1.82) is 0 Å². The van der Waals surface area contributed by atoms with E-state index in [-0.39, 0.29) is 6.61 Å². The highest BCUT2D eigenvalue weighted by Crippen LogP contribution is 2.54. The number of nitrogen functional groups attached to an aromatic ring is 1. The Labute approximate surface area is 106 Å². The van der Waals surface area contributed by atoms with Gasteiger partial charge in [0.05, 0.1) is 18.8 Å². The second-order valence-electron chi connectivity index (χ2n) is 4.80. The Morgan fingerprint density at radius 2 is 2.06 bits per heavy atom. The van der Waals surface area contributed by atoms with Gasteiger partial charge in [0.1, 0.15) is 5.82 Å². The van der Waals surface area contributed by atoms with Gasteiger partial charge in [0, 0.05) is 12.0 Å². The topological polar surface area (TPSA) is 64.1 Å².